The summed E-state index contributed by atoms with van der Waals surface area (Å²) in [5.41, 5.74) is 0.908. The number of alkyl halides is 3. The maximum atomic E-state index is 11.9. The van der Waals surface area contributed by atoms with Crippen LogP contribution < -0.4 is 0 Å². The topological polar surface area (TPSA) is 38.0 Å². The van der Waals surface area contributed by atoms with Gasteiger partial charge in [0.25, 0.3) is 0 Å². The van der Waals surface area contributed by atoms with Crippen molar-refractivity contribution in [1.29, 1.82) is 0 Å². The fraction of sp³-hybridized carbons (Fsp3) is 0.700. The average molecular weight is 236 g/mol. The molecule has 0 fully saturated rings. The van der Waals surface area contributed by atoms with E-state index in [0.29, 0.717) is 12.8 Å². The SMILES string of the molecule is Cn1nccc1CCC(O)CCC(F)(F)F. The zero-order chi connectivity index (χ0) is 12.2. The van der Waals surface area contributed by atoms with E-state index in [9.17, 15) is 18.3 Å². The minimum absolute atomic E-state index is 0.235. The Morgan fingerprint density at radius 1 is 1.44 bits per heavy atom. The van der Waals surface area contributed by atoms with Gasteiger partial charge in [-0.1, -0.05) is 0 Å². The summed E-state index contributed by atoms with van der Waals surface area (Å²) in [7, 11) is 1.76. The van der Waals surface area contributed by atoms with Crippen molar-refractivity contribution >= 4 is 0 Å². The molecule has 3 nitrogen and oxygen atoms in total. The number of hydrogen-bond acceptors (Lipinski definition) is 2. The number of aromatic nitrogens is 2. The summed E-state index contributed by atoms with van der Waals surface area (Å²) in [5, 5.41) is 13.3. The number of halogens is 3. The second-order valence-corrected chi connectivity index (χ2v) is 3.79. The smallest absolute Gasteiger partial charge is 0.389 e. The van der Waals surface area contributed by atoms with Crippen molar-refractivity contribution in [3.8, 4) is 0 Å². The highest BCUT2D eigenvalue weighted by Gasteiger charge is 2.27. The third kappa shape index (κ3) is 4.65. The molecule has 0 saturated heterocycles. The summed E-state index contributed by atoms with van der Waals surface area (Å²) in [6.45, 7) is 0. The quantitative estimate of drug-likeness (QED) is 0.849. The average Bonchev–Trinajstić information content (AvgIpc) is 2.57. The van der Waals surface area contributed by atoms with Crippen molar-refractivity contribution in [1.82, 2.24) is 9.78 Å². The van der Waals surface area contributed by atoms with Crippen LogP contribution >= 0.6 is 0 Å². The maximum absolute atomic E-state index is 11.9. The Morgan fingerprint density at radius 2 is 2.12 bits per heavy atom. The molecule has 0 aliphatic rings. The number of aryl methyl sites for hydroxylation is 2. The van der Waals surface area contributed by atoms with E-state index in [-0.39, 0.29) is 6.42 Å². The molecule has 16 heavy (non-hydrogen) atoms. The van der Waals surface area contributed by atoms with Crippen LogP contribution in [0.1, 0.15) is 25.0 Å². The molecule has 0 amide bonds. The predicted octanol–water partition coefficient (Wildman–Crippen LogP) is 2.06. The van der Waals surface area contributed by atoms with Gasteiger partial charge >= 0.3 is 6.18 Å². The molecule has 0 spiro atoms. The summed E-state index contributed by atoms with van der Waals surface area (Å²) in [6, 6.07) is 1.79. The summed E-state index contributed by atoms with van der Waals surface area (Å²) in [5.74, 6) is 0. The predicted molar refractivity (Wildman–Crippen MR) is 52.8 cm³/mol. The van der Waals surface area contributed by atoms with Gasteiger partial charge in [-0.2, -0.15) is 18.3 Å². The second-order valence-electron chi connectivity index (χ2n) is 3.79. The van der Waals surface area contributed by atoms with Crippen LogP contribution in [0.15, 0.2) is 12.3 Å². The summed E-state index contributed by atoms with van der Waals surface area (Å²) in [4.78, 5) is 0. The van der Waals surface area contributed by atoms with Crippen molar-refractivity contribution in [3.05, 3.63) is 18.0 Å². The maximum Gasteiger partial charge on any atom is 0.389 e. The highest BCUT2D eigenvalue weighted by atomic mass is 19.4. The largest absolute Gasteiger partial charge is 0.393 e. The normalized spacial score (nSPS) is 14.1. The molecule has 0 aliphatic heterocycles. The van der Waals surface area contributed by atoms with Gasteiger partial charge in [0.1, 0.15) is 0 Å². The molecule has 0 aliphatic carbocycles. The van der Waals surface area contributed by atoms with Crippen molar-refractivity contribution in [2.45, 2.75) is 38.0 Å². The van der Waals surface area contributed by atoms with Crippen LogP contribution in [0.5, 0.6) is 0 Å². The zero-order valence-corrected chi connectivity index (χ0v) is 9.04. The molecule has 92 valence electrons. The number of hydrogen-bond donors (Lipinski definition) is 1. The molecule has 1 unspecified atom stereocenters. The van der Waals surface area contributed by atoms with Crippen LogP contribution in [0.4, 0.5) is 13.2 Å². The molecule has 1 heterocycles. The first-order chi connectivity index (χ1) is 7.38. The van der Waals surface area contributed by atoms with Gasteiger partial charge in [-0.3, -0.25) is 4.68 Å². The van der Waals surface area contributed by atoms with Gasteiger partial charge in [-0.25, -0.2) is 0 Å². The van der Waals surface area contributed by atoms with E-state index < -0.39 is 18.7 Å². The van der Waals surface area contributed by atoms with Gasteiger partial charge in [0.05, 0.1) is 6.10 Å². The Hall–Kier alpha value is -1.04. The Bertz CT molecular complexity index is 322. The van der Waals surface area contributed by atoms with Crippen LogP contribution in [-0.4, -0.2) is 27.2 Å². The second kappa shape index (κ2) is 5.34. The lowest BCUT2D eigenvalue weighted by molar-refractivity contribution is -0.140. The van der Waals surface area contributed by atoms with Crippen molar-refractivity contribution in [2.24, 2.45) is 7.05 Å². The van der Waals surface area contributed by atoms with E-state index in [1.54, 1.807) is 24.0 Å². The monoisotopic (exact) mass is 236 g/mol. The van der Waals surface area contributed by atoms with Gasteiger partial charge in [-0.05, 0) is 25.3 Å². The summed E-state index contributed by atoms with van der Waals surface area (Å²) < 4.78 is 37.3. The number of aliphatic hydroxyl groups excluding tert-OH is 1. The zero-order valence-electron chi connectivity index (χ0n) is 9.04. The molecule has 6 heteroatoms. The van der Waals surface area contributed by atoms with E-state index in [4.69, 9.17) is 0 Å². The van der Waals surface area contributed by atoms with Gasteiger partial charge in [-0.15, -0.1) is 0 Å². The van der Waals surface area contributed by atoms with E-state index >= 15 is 0 Å². The first kappa shape index (κ1) is 13.0. The third-order valence-corrected chi connectivity index (χ3v) is 2.42. The molecule has 0 saturated carbocycles. The summed E-state index contributed by atoms with van der Waals surface area (Å²) in [6.07, 6.45) is -3.77. The first-order valence-corrected chi connectivity index (χ1v) is 5.10. The number of aliphatic hydroxyl groups is 1. The Morgan fingerprint density at radius 3 is 2.62 bits per heavy atom. The molecule has 1 atom stereocenters. The Kier molecular flexibility index (Phi) is 4.35. The van der Waals surface area contributed by atoms with E-state index in [1.165, 1.54) is 0 Å². The highest BCUT2D eigenvalue weighted by molar-refractivity contribution is 5.00. The summed E-state index contributed by atoms with van der Waals surface area (Å²) >= 11 is 0. The molecule has 1 aromatic heterocycles. The van der Waals surface area contributed by atoms with E-state index in [0.717, 1.165) is 5.69 Å². The van der Waals surface area contributed by atoms with Crippen molar-refractivity contribution in [2.75, 3.05) is 0 Å². The minimum Gasteiger partial charge on any atom is -0.393 e. The molecule has 0 aromatic carbocycles. The van der Waals surface area contributed by atoms with Crippen LogP contribution in [-0.2, 0) is 13.5 Å². The lowest BCUT2D eigenvalue weighted by Gasteiger charge is -2.12. The molecular weight excluding hydrogens is 221 g/mol. The van der Waals surface area contributed by atoms with Crippen LogP contribution in [0.25, 0.3) is 0 Å². The van der Waals surface area contributed by atoms with Crippen LogP contribution in [0, 0.1) is 0 Å². The van der Waals surface area contributed by atoms with Gasteiger partial charge in [0, 0.05) is 25.4 Å². The lowest BCUT2D eigenvalue weighted by Crippen LogP contribution is -2.15. The Labute approximate surface area is 91.9 Å². The fourth-order valence-corrected chi connectivity index (χ4v) is 1.44. The van der Waals surface area contributed by atoms with Crippen molar-refractivity contribution in [3.63, 3.8) is 0 Å². The van der Waals surface area contributed by atoms with Gasteiger partial charge in [0.15, 0.2) is 0 Å². The first-order valence-electron chi connectivity index (χ1n) is 5.10. The van der Waals surface area contributed by atoms with Crippen molar-refractivity contribution < 1.29 is 18.3 Å². The molecule has 1 rings (SSSR count). The van der Waals surface area contributed by atoms with Crippen LogP contribution in [0.3, 0.4) is 0 Å². The molecule has 1 N–H and O–H groups in total. The fourth-order valence-electron chi connectivity index (χ4n) is 1.44. The van der Waals surface area contributed by atoms with E-state index in [2.05, 4.69) is 5.10 Å². The standard InChI is InChI=1S/C10H15F3N2O/c1-15-8(5-7-14-15)2-3-9(16)4-6-10(11,12)13/h5,7,9,16H,2-4,6H2,1H3. The third-order valence-electron chi connectivity index (χ3n) is 2.42. The molecule has 0 radical (unpaired) electrons. The van der Waals surface area contributed by atoms with Gasteiger partial charge in [0.2, 0.25) is 0 Å². The molecular formula is C10H15F3N2O. The number of rotatable bonds is 5. The van der Waals surface area contributed by atoms with E-state index in [1.807, 2.05) is 0 Å². The highest BCUT2D eigenvalue weighted by Crippen LogP contribution is 2.23. The van der Waals surface area contributed by atoms with Crippen LogP contribution in [0.2, 0.25) is 0 Å². The Balaban J connectivity index is 2.25. The lowest BCUT2D eigenvalue weighted by atomic mass is 10.1. The minimum atomic E-state index is -4.19. The molecule has 1 aromatic rings. The molecule has 0 bridgehead atoms. The number of nitrogens with zero attached hydrogens (tertiary/aromatic N) is 2. The van der Waals surface area contributed by atoms with Gasteiger partial charge < -0.3 is 5.11 Å².